The number of carbonyl (C=O) groups excluding carboxylic acids is 1. The summed E-state index contributed by atoms with van der Waals surface area (Å²) in [5.41, 5.74) is 0. The van der Waals surface area contributed by atoms with E-state index in [0.29, 0.717) is 18.8 Å². The molecule has 5 heteroatoms. The third kappa shape index (κ3) is 2.93. The Morgan fingerprint density at radius 3 is 2.75 bits per heavy atom. The highest BCUT2D eigenvalue weighted by atomic mass is 16.5. The second-order valence-electron chi connectivity index (χ2n) is 4.88. The number of furan rings is 2. The van der Waals surface area contributed by atoms with E-state index in [9.17, 15) is 4.79 Å². The van der Waals surface area contributed by atoms with Gasteiger partial charge in [0.2, 0.25) is 0 Å². The summed E-state index contributed by atoms with van der Waals surface area (Å²) in [7, 11) is 0. The molecule has 0 bridgehead atoms. The highest BCUT2D eigenvalue weighted by Gasteiger charge is 2.25. The summed E-state index contributed by atoms with van der Waals surface area (Å²) in [6.45, 7) is 1.75. The first-order chi connectivity index (χ1) is 9.83. The maximum atomic E-state index is 12.5. The van der Waals surface area contributed by atoms with E-state index in [2.05, 4.69) is 0 Å². The van der Waals surface area contributed by atoms with Gasteiger partial charge in [-0.25, -0.2) is 0 Å². The molecule has 0 aliphatic carbocycles. The molecule has 3 rings (SSSR count). The number of ether oxygens (including phenoxy) is 1. The Hall–Kier alpha value is -2.01. The monoisotopic (exact) mass is 275 g/mol. The van der Waals surface area contributed by atoms with Crippen LogP contribution in [0.15, 0.2) is 45.6 Å². The van der Waals surface area contributed by atoms with Crippen LogP contribution in [-0.2, 0) is 11.3 Å². The van der Waals surface area contributed by atoms with Gasteiger partial charge in [0.15, 0.2) is 5.76 Å². The van der Waals surface area contributed by atoms with E-state index in [1.807, 2.05) is 12.1 Å². The SMILES string of the molecule is O=C(c1ccco1)N(Cc1ccco1)CC1CCCO1. The molecule has 106 valence electrons. The van der Waals surface area contributed by atoms with Crippen molar-refractivity contribution in [2.75, 3.05) is 13.2 Å². The van der Waals surface area contributed by atoms with E-state index in [1.54, 1.807) is 23.3 Å². The van der Waals surface area contributed by atoms with Gasteiger partial charge in [0.25, 0.3) is 5.91 Å². The van der Waals surface area contributed by atoms with Crippen LogP contribution in [0.2, 0.25) is 0 Å². The van der Waals surface area contributed by atoms with Crippen LogP contribution in [0.25, 0.3) is 0 Å². The zero-order valence-corrected chi connectivity index (χ0v) is 11.2. The molecule has 1 aliphatic heterocycles. The van der Waals surface area contributed by atoms with Gasteiger partial charge >= 0.3 is 0 Å². The number of amides is 1. The molecule has 5 nitrogen and oxygen atoms in total. The van der Waals surface area contributed by atoms with E-state index in [4.69, 9.17) is 13.6 Å². The fourth-order valence-electron chi connectivity index (χ4n) is 2.40. The van der Waals surface area contributed by atoms with Crippen LogP contribution in [0.3, 0.4) is 0 Å². The van der Waals surface area contributed by atoms with Gasteiger partial charge in [-0.05, 0) is 37.1 Å². The highest BCUT2D eigenvalue weighted by molar-refractivity contribution is 5.91. The molecule has 2 aromatic rings. The van der Waals surface area contributed by atoms with Crippen molar-refractivity contribution in [3.05, 3.63) is 48.3 Å². The molecule has 0 saturated carbocycles. The number of rotatable bonds is 5. The maximum absolute atomic E-state index is 12.5. The minimum Gasteiger partial charge on any atom is -0.467 e. The molecule has 1 fully saturated rings. The fraction of sp³-hybridized carbons (Fsp3) is 0.400. The summed E-state index contributed by atoms with van der Waals surface area (Å²) in [4.78, 5) is 14.2. The molecule has 0 N–H and O–H groups in total. The van der Waals surface area contributed by atoms with Crippen LogP contribution >= 0.6 is 0 Å². The van der Waals surface area contributed by atoms with Gasteiger partial charge in [0.1, 0.15) is 5.76 Å². The first-order valence-electron chi connectivity index (χ1n) is 6.79. The molecule has 1 amide bonds. The molecule has 1 saturated heterocycles. The Morgan fingerprint density at radius 2 is 2.10 bits per heavy atom. The highest BCUT2D eigenvalue weighted by Crippen LogP contribution is 2.17. The van der Waals surface area contributed by atoms with Crippen LogP contribution in [0.4, 0.5) is 0 Å². The predicted octanol–water partition coefficient (Wildman–Crippen LogP) is 2.69. The molecule has 1 unspecified atom stereocenters. The summed E-state index contributed by atoms with van der Waals surface area (Å²) in [6, 6.07) is 7.06. The standard InChI is InChI=1S/C15H17NO4/c17-15(14-6-3-9-20-14)16(10-12-4-1-7-18-12)11-13-5-2-8-19-13/h1,3-4,6-7,9,13H,2,5,8,10-11H2. The van der Waals surface area contributed by atoms with Gasteiger partial charge in [-0.15, -0.1) is 0 Å². The number of hydrogen-bond donors (Lipinski definition) is 0. The third-order valence-electron chi connectivity index (χ3n) is 3.39. The van der Waals surface area contributed by atoms with Gasteiger partial charge in [0, 0.05) is 13.2 Å². The summed E-state index contributed by atoms with van der Waals surface area (Å²) in [6.07, 6.45) is 5.25. The first-order valence-corrected chi connectivity index (χ1v) is 6.79. The lowest BCUT2D eigenvalue weighted by Crippen LogP contribution is -2.36. The summed E-state index contributed by atoms with van der Waals surface area (Å²) < 4.78 is 16.1. The van der Waals surface area contributed by atoms with E-state index in [0.717, 1.165) is 25.2 Å². The first kappa shape index (κ1) is 13.0. The predicted molar refractivity (Wildman–Crippen MR) is 71.1 cm³/mol. The van der Waals surface area contributed by atoms with Crippen molar-refractivity contribution < 1.29 is 18.4 Å². The van der Waals surface area contributed by atoms with Gasteiger partial charge in [-0.1, -0.05) is 0 Å². The molecule has 1 atom stereocenters. The molecular formula is C15H17NO4. The molecule has 0 aromatic carbocycles. The Bertz CT molecular complexity index is 526. The van der Waals surface area contributed by atoms with Gasteiger partial charge < -0.3 is 18.5 Å². The van der Waals surface area contributed by atoms with Gasteiger partial charge in [-0.2, -0.15) is 0 Å². The largest absolute Gasteiger partial charge is 0.467 e. The molecule has 0 radical (unpaired) electrons. The maximum Gasteiger partial charge on any atom is 0.290 e. The van der Waals surface area contributed by atoms with E-state index in [1.165, 1.54) is 6.26 Å². The van der Waals surface area contributed by atoms with Crippen molar-refractivity contribution in [1.82, 2.24) is 4.90 Å². The van der Waals surface area contributed by atoms with Crippen LogP contribution in [0, 0.1) is 0 Å². The van der Waals surface area contributed by atoms with Crippen molar-refractivity contribution in [3.63, 3.8) is 0 Å². The van der Waals surface area contributed by atoms with Crippen molar-refractivity contribution in [3.8, 4) is 0 Å². The Labute approximate surface area is 117 Å². The quantitative estimate of drug-likeness (QED) is 0.841. The number of carbonyl (C=O) groups is 1. The lowest BCUT2D eigenvalue weighted by Gasteiger charge is -2.23. The van der Waals surface area contributed by atoms with Crippen molar-refractivity contribution in [2.24, 2.45) is 0 Å². The Kier molecular flexibility index (Phi) is 3.87. The van der Waals surface area contributed by atoms with Crippen LogP contribution < -0.4 is 0 Å². The molecule has 20 heavy (non-hydrogen) atoms. The van der Waals surface area contributed by atoms with Crippen molar-refractivity contribution in [2.45, 2.75) is 25.5 Å². The average molecular weight is 275 g/mol. The second-order valence-corrected chi connectivity index (χ2v) is 4.88. The topological polar surface area (TPSA) is 55.8 Å². The molecule has 3 heterocycles. The number of hydrogen-bond acceptors (Lipinski definition) is 4. The minimum absolute atomic E-state index is 0.101. The molecule has 1 aliphatic rings. The third-order valence-corrected chi connectivity index (χ3v) is 3.39. The van der Waals surface area contributed by atoms with Crippen molar-refractivity contribution in [1.29, 1.82) is 0 Å². The molecular weight excluding hydrogens is 258 g/mol. The van der Waals surface area contributed by atoms with E-state index >= 15 is 0 Å². The summed E-state index contributed by atoms with van der Waals surface area (Å²) >= 11 is 0. The van der Waals surface area contributed by atoms with Crippen LogP contribution in [0.1, 0.15) is 29.2 Å². The molecule has 0 spiro atoms. The normalized spacial score (nSPS) is 18.3. The second kappa shape index (κ2) is 5.96. The fourth-order valence-corrected chi connectivity index (χ4v) is 2.40. The van der Waals surface area contributed by atoms with E-state index < -0.39 is 0 Å². The van der Waals surface area contributed by atoms with Crippen LogP contribution in [0.5, 0.6) is 0 Å². The number of nitrogens with zero attached hydrogens (tertiary/aromatic N) is 1. The lowest BCUT2D eigenvalue weighted by molar-refractivity contribution is 0.0468. The van der Waals surface area contributed by atoms with Crippen LogP contribution in [-0.4, -0.2) is 30.1 Å². The average Bonchev–Trinajstić information content (AvgIpc) is 3.20. The summed E-state index contributed by atoms with van der Waals surface area (Å²) in [5.74, 6) is 0.958. The van der Waals surface area contributed by atoms with Crippen molar-refractivity contribution >= 4 is 5.91 Å². The van der Waals surface area contributed by atoms with Gasteiger partial charge in [0.05, 0.1) is 25.2 Å². The summed E-state index contributed by atoms with van der Waals surface area (Å²) in [5, 5.41) is 0. The minimum atomic E-state index is -0.137. The smallest absolute Gasteiger partial charge is 0.290 e. The Balaban J connectivity index is 1.73. The lowest BCUT2D eigenvalue weighted by atomic mass is 10.2. The van der Waals surface area contributed by atoms with Gasteiger partial charge in [-0.3, -0.25) is 4.79 Å². The zero-order valence-electron chi connectivity index (χ0n) is 11.2. The molecule has 2 aromatic heterocycles. The van der Waals surface area contributed by atoms with E-state index in [-0.39, 0.29) is 12.0 Å². The zero-order chi connectivity index (χ0) is 13.8. The Morgan fingerprint density at radius 1 is 1.25 bits per heavy atom.